The van der Waals surface area contributed by atoms with E-state index in [-0.39, 0.29) is 0 Å². The van der Waals surface area contributed by atoms with Crippen LogP contribution in [0.1, 0.15) is 18.2 Å². The highest BCUT2D eigenvalue weighted by molar-refractivity contribution is 5.07. The van der Waals surface area contributed by atoms with Crippen LogP contribution >= 0.6 is 0 Å². The zero-order chi connectivity index (χ0) is 8.93. The van der Waals surface area contributed by atoms with Crippen LogP contribution in [0.5, 0.6) is 0 Å². The number of aromatic nitrogens is 1. The van der Waals surface area contributed by atoms with E-state index in [2.05, 4.69) is 21.7 Å². The first-order chi connectivity index (χ1) is 6.47. The molecule has 3 nitrogen and oxygen atoms in total. The van der Waals surface area contributed by atoms with Crippen LogP contribution in [0, 0.1) is 6.07 Å². The van der Waals surface area contributed by atoms with Gasteiger partial charge in [0.15, 0.2) is 0 Å². The standard InChI is InChI=1S/C10H14N3/c1-2-5-12-9(3-1)10-4-6-11-7-8-13-10/h1-2,5,10-11,13H,4,6-8H2. The summed E-state index contributed by atoms with van der Waals surface area (Å²) in [6.07, 6.45) is 2.92. The zero-order valence-electron chi connectivity index (χ0n) is 7.59. The Kier molecular flexibility index (Phi) is 2.90. The van der Waals surface area contributed by atoms with E-state index in [0.29, 0.717) is 6.04 Å². The van der Waals surface area contributed by atoms with Crippen LogP contribution in [0.15, 0.2) is 18.3 Å². The van der Waals surface area contributed by atoms with Gasteiger partial charge in [0, 0.05) is 25.4 Å². The molecule has 0 bridgehead atoms. The van der Waals surface area contributed by atoms with Crippen molar-refractivity contribution in [3.05, 3.63) is 30.1 Å². The first-order valence-corrected chi connectivity index (χ1v) is 4.73. The van der Waals surface area contributed by atoms with E-state index in [9.17, 15) is 0 Å². The molecule has 1 aromatic rings. The van der Waals surface area contributed by atoms with Crippen molar-refractivity contribution >= 4 is 0 Å². The Hall–Kier alpha value is -0.930. The molecule has 2 heterocycles. The molecule has 0 saturated carbocycles. The Morgan fingerprint density at radius 2 is 2.38 bits per heavy atom. The lowest BCUT2D eigenvalue weighted by molar-refractivity contribution is 0.535. The fourth-order valence-electron chi connectivity index (χ4n) is 1.57. The normalized spacial score (nSPS) is 23.8. The minimum Gasteiger partial charge on any atom is -0.315 e. The van der Waals surface area contributed by atoms with E-state index in [1.807, 2.05) is 18.3 Å². The lowest BCUT2D eigenvalue weighted by Gasteiger charge is -2.13. The Morgan fingerprint density at radius 1 is 1.38 bits per heavy atom. The summed E-state index contributed by atoms with van der Waals surface area (Å²) in [5, 5.41) is 6.78. The van der Waals surface area contributed by atoms with Crippen LogP contribution in [-0.4, -0.2) is 24.6 Å². The highest BCUT2D eigenvalue weighted by atomic mass is 15.0. The maximum Gasteiger partial charge on any atom is 0.0652 e. The monoisotopic (exact) mass is 176 g/mol. The summed E-state index contributed by atoms with van der Waals surface area (Å²) in [5.74, 6) is 0. The van der Waals surface area contributed by atoms with Gasteiger partial charge in [0.25, 0.3) is 0 Å². The molecule has 1 radical (unpaired) electrons. The van der Waals surface area contributed by atoms with E-state index in [1.54, 1.807) is 0 Å². The second kappa shape index (κ2) is 4.35. The van der Waals surface area contributed by atoms with Gasteiger partial charge in [-0.3, -0.25) is 4.98 Å². The molecule has 1 unspecified atom stereocenters. The molecule has 69 valence electrons. The lowest BCUT2D eigenvalue weighted by atomic mass is 10.1. The van der Waals surface area contributed by atoms with Gasteiger partial charge in [-0.05, 0) is 19.0 Å². The van der Waals surface area contributed by atoms with E-state index in [4.69, 9.17) is 0 Å². The van der Waals surface area contributed by atoms with E-state index in [1.165, 1.54) is 0 Å². The van der Waals surface area contributed by atoms with Gasteiger partial charge in [0.2, 0.25) is 0 Å². The third-order valence-corrected chi connectivity index (χ3v) is 2.26. The van der Waals surface area contributed by atoms with Gasteiger partial charge in [0.05, 0.1) is 11.7 Å². The smallest absolute Gasteiger partial charge is 0.0652 e. The Labute approximate surface area is 78.6 Å². The van der Waals surface area contributed by atoms with Gasteiger partial charge in [-0.2, -0.15) is 0 Å². The van der Waals surface area contributed by atoms with Crippen LogP contribution in [0.3, 0.4) is 0 Å². The lowest BCUT2D eigenvalue weighted by Crippen LogP contribution is -2.24. The van der Waals surface area contributed by atoms with Crippen molar-refractivity contribution in [3.8, 4) is 0 Å². The molecule has 1 aliphatic rings. The molecule has 1 aliphatic heterocycles. The number of nitrogens with zero attached hydrogens (tertiary/aromatic N) is 1. The Bertz CT molecular complexity index is 240. The third kappa shape index (κ3) is 2.26. The summed E-state index contributed by atoms with van der Waals surface area (Å²) in [4.78, 5) is 4.30. The highest BCUT2D eigenvalue weighted by Gasteiger charge is 2.13. The molecule has 0 aromatic carbocycles. The molecule has 3 heteroatoms. The summed E-state index contributed by atoms with van der Waals surface area (Å²) in [7, 11) is 0. The first-order valence-electron chi connectivity index (χ1n) is 4.73. The fourth-order valence-corrected chi connectivity index (χ4v) is 1.57. The molecule has 13 heavy (non-hydrogen) atoms. The molecule has 1 atom stereocenters. The molecule has 2 rings (SSSR count). The third-order valence-electron chi connectivity index (χ3n) is 2.26. The molecule has 0 aliphatic carbocycles. The van der Waals surface area contributed by atoms with Crippen molar-refractivity contribution in [2.75, 3.05) is 19.6 Å². The zero-order valence-corrected chi connectivity index (χ0v) is 7.59. The summed E-state index contributed by atoms with van der Waals surface area (Å²) < 4.78 is 0. The van der Waals surface area contributed by atoms with Gasteiger partial charge in [-0.25, -0.2) is 0 Å². The van der Waals surface area contributed by atoms with Crippen LogP contribution < -0.4 is 10.6 Å². The van der Waals surface area contributed by atoms with Crippen LogP contribution in [0.25, 0.3) is 0 Å². The molecular formula is C10H14N3. The fraction of sp³-hybridized carbons (Fsp3) is 0.500. The SMILES string of the molecule is [c]1cccnc1C1CCNCCN1. The number of pyridine rings is 1. The number of hydrogen-bond acceptors (Lipinski definition) is 3. The van der Waals surface area contributed by atoms with Crippen molar-refractivity contribution in [2.45, 2.75) is 12.5 Å². The molecule has 2 N–H and O–H groups in total. The van der Waals surface area contributed by atoms with E-state index < -0.39 is 0 Å². The van der Waals surface area contributed by atoms with Gasteiger partial charge in [-0.15, -0.1) is 0 Å². The van der Waals surface area contributed by atoms with Crippen molar-refractivity contribution in [2.24, 2.45) is 0 Å². The molecule has 0 spiro atoms. The maximum absolute atomic E-state index is 4.30. The molecule has 0 amide bonds. The summed E-state index contributed by atoms with van der Waals surface area (Å²) in [6, 6.07) is 7.36. The highest BCUT2D eigenvalue weighted by Crippen LogP contribution is 2.13. The Balaban J connectivity index is 2.06. The van der Waals surface area contributed by atoms with Crippen molar-refractivity contribution in [3.63, 3.8) is 0 Å². The van der Waals surface area contributed by atoms with E-state index >= 15 is 0 Å². The predicted octanol–water partition coefficient (Wildman–Crippen LogP) is 0.506. The summed E-state index contributed by atoms with van der Waals surface area (Å²) in [5.41, 5.74) is 1.03. The molecular weight excluding hydrogens is 162 g/mol. The molecule has 1 saturated heterocycles. The van der Waals surface area contributed by atoms with Crippen LogP contribution in [0.2, 0.25) is 0 Å². The summed E-state index contributed by atoms with van der Waals surface area (Å²) >= 11 is 0. The van der Waals surface area contributed by atoms with E-state index in [0.717, 1.165) is 31.7 Å². The predicted molar refractivity (Wildman–Crippen MR) is 51.3 cm³/mol. The van der Waals surface area contributed by atoms with Crippen LogP contribution in [0.4, 0.5) is 0 Å². The van der Waals surface area contributed by atoms with Gasteiger partial charge < -0.3 is 10.6 Å². The quantitative estimate of drug-likeness (QED) is 0.654. The minimum atomic E-state index is 0.371. The Morgan fingerprint density at radius 3 is 3.23 bits per heavy atom. The van der Waals surface area contributed by atoms with Crippen molar-refractivity contribution in [1.29, 1.82) is 0 Å². The average Bonchev–Trinajstić information content (AvgIpc) is 2.47. The van der Waals surface area contributed by atoms with Crippen LogP contribution in [-0.2, 0) is 0 Å². The van der Waals surface area contributed by atoms with Gasteiger partial charge in [-0.1, -0.05) is 6.07 Å². The van der Waals surface area contributed by atoms with Gasteiger partial charge >= 0.3 is 0 Å². The number of rotatable bonds is 1. The largest absolute Gasteiger partial charge is 0.315 e. The average molecular weight is 176 g/mol. The molecule has 1 aromatic heterocycles. The number of nitrogens with one attached hydrogen (secondary N) is 2. The van der Waals surface area contributed by atoms with Crippen molar-refractivity contribution < 1.29 is 0 Å². The second-order valence-corrected chi connectivity index (χ2v) is 3.21. The van der Waals surface area contributed by atoms with Gasteiger partial charge in [0.1, 0.15) is 0 Å². The second-order valence-electron chi connectivity index (χ2n) is 3.21. The number of hydrogen-bond donors (Lipinski definition) is 2. The topological polar surface area (TPSA) is 37.0 Å². The summed E-state index contributed by atoms with van der Waals surface area (Å²) in [6.45, 7) is 3.11. The molecule has 1 fully saturated rings. The minimum absolute atomic E-state index is 0.371. The van der Waals surface area contributed by atoms with Crippen molar-refractivity contribution in [1.82, 2.24) is 15.6 Å². The maximum atomic E-state index is 4.30. The first kappa shape index (κ1) is 8.66.